The fourth-order valence-electron chi connectivity index (χ4n) is 8.35. The second-order valence-corrected chi connectivity index (χ2v) is 13.4. The molecule has 0 saturated heterocycles. The Bertz CT molecular complexity index is 2770. The maximum atomic E-state index is 5.54. The molecule has 0 saturated carbocycles. The van der Waals surface area contributed by atoms with E-state index in [-0.39, 0.29) is 5.41 Å². The summed E-state index contributed by atoms with van der Waals surface area (Å²) in [5.74, 6) is 0.730. The zero-order chi connectivity index (χ0) is 33.2. The number of aromatic nitrogens is 2. The van der Waals surface area contributed by atoms with Gasteiger partial charge in [-0.2, -0.15) is 0 Å². The van der Waals surface area contributed by atoms with Crippen molar-refractivity contribution in [1.82, 2.24) is 9.97 Å². The predicted molar refractivity (Wildman–Crippen MR) is 208 cm³/mol. The zero-order valence-electron chi connectivity index (χ0n) is 27.6. The maximum absolute atomic E-state index is 5.54. The van der Waals surface area contributed by atoms with Crippen LogP contribution in [0.1, 0.15) is 23.6 Å². The van der Waals surface area contributed by atoms with E-state index in [2.05, 4.69) is 183 Å². The number of fused-ring (bicyclic) bond motifs is 7. The van der Waals surface area contributed by atoms with Gasteiger partial charge in [-0.05, 0) is 79.2 Å². The molecule has 2 heteroatoms. The second kappa shape index (κ2) is 11.1. The molecule has 1 aliphatic carbocycles. The van der Waals surface area contributed by atoms with E-state index < -0.39 is 0 Å². The van der Waals surface area contributed by atoms with Crippen LogP contribution in [0.25, 0.3) is 77.3 Å². The van der Waals surface area contributed by atoms with Crippen LogP contribution < -0.4 is 0 Å². The Hall–Kier alpha value is -6.38. The van der Waals surface area contributed by atoms with E-state index in [1.165, 1.54) is 49.4 Å². The van der Waals surface area contributed by atoms with Crippen LogP contribution in [0.15, 0.2) is 176 Å². The molecule has 0 radical (unpaired) electrons. The summed E-state index contributed by atoms with van der Waals surface area (Å²) in [5, 5.41) is 7.13. The van der Waals surface area contributed by atoms with Gasteiger partial charge in [0.25, 0.3) is 0 Å². The lowest BCUT2D eigenvalue weighted by atomic mass is 9.74. The summed E-state index contributed by atoms with van der Waals surface area (Å²) < 4.78 is 0. The van der Waals surface area contributed by atoms with Crippen molar-refractivity contribution < 1.29 is 0 Å². The van der Waals surface area contributed by atoms with Crippen molar-refractivity contribution in [1.29, 1.82) is 0 Å². The van der Waals surface area contributed by atoms with Gasteiger partial charge in [-0.25, -0.2) is 9.97 Å². The summed E-state index contributed by atoms with van der Waals surface area (Å²) in [7, 11) is 0. The molecule has 0 N–H and O–H groups in total. The third-order valence-electron chi connectivity index (χ3n) is 10.8. The van der Waals surface area contributed by atoms with Gasteiger partial charge in [0.1, 0.15) is 0 Å². The quantitative estimate of drug-likeness (QED) is 0.142. The van der Waals surface area contributed by atoms with Crippen LogP contribution in [0.5, 0.6) is 0 Å². The van der Waals surface area contributed by atoms with E-state index in [9.17, 15) is 0 Å². The highest BCUT2D eigenvalue weighted by atomic mass is 14.9. The summed E-state index contributed by atoms with van der Waals surface area (Å²) >= 11 is 0. The van der Waals surface area contributed by atoms with Crippen LogP contribution in [0.3, 0.4) is 0 Å². The lowest BCUT2D eigenvalue weighted by Gasteiger charge is -2.28. The summed E-state index contributed by atoms with van der Waals surface area (Å²) in [4.78, 5) is 10.9. The van der Waals surface area contributed by atoms with Gasteiger partial charge < -0.3 is 0 Å². The van der Waals surface area contributed by atoms with E-state index >= 15 is 0 Å². The van der Waals surface area contributed by atoms with E-state index in [0.717, 1.165) is 44.7 Å². The highest BCUT2D eigenvalue weighted by molar-refractivity contribution is 6.19. The molecule has 0 amide bonds. The first-order valence-electron chi connectivity index (χ1n) is 17.3. The van der Waals surface area contributed by atoms with Crippen molar-refractivity contribution in [3.63, 3.8) is 0 Å². The molecule has 1 unspecified atom stereocenters. The minimum Gasteiger partial charge on any atom is -0.228 e. The monoisotopic (exact) mass is 636 g/mol. The van der Waals surface area contributed by atoms with Crippen LogP contribution in [0, 0.1) is 0 Å². The lowest BCUT2D eigenvalue weighted by Crippen LogP contribution is -2.22. The van der Waals surface area contributed by atoms with Crippen molar-refractivity contribution in [3.05, 3.63) is 193 Å². The summed E-state index contributed by atoms with van der Waals surface area (Å²) in [6, 6.07) is 63.3. The molecule has 1 atom stereocenters. The molecular formula is C48H32N2. The molecule has 8 aromatic carbocycles. The van der Waals surface area contributed by atoms with Gasteiger partial charge >= 0.3 is 0 Å². The van der Waals surface area contributed by atoms with E-state index in [0.29, 0.717) is 0 Å². The Morgan fingerprint density at radius 1 is 0.400 bits per heavy atom. The highest BCUT2D eigenvalue weighted by Crippen LogP contribution is 2.55. The molecule has 2 nitrogen and oxygen atoms in total. The average molecular weight is 637 g/mol. The van der Waals surface area contributed by atoms with Crippen LogP contribution in [-0.4, -0.2) is 9.97 Å². The van der Waals surface area contributed by atoms with Gasteiger partial charge in [0.15, 0.2) is 5.82 Å². The molecule has 1 aromatic heterocycles. The number of nitrogens with zero attached hydrogens (tertiary/aromatic N) is 2. The largest absolute Gasteiger partial charge is 0.228 e. The van der Waals surface area contributed by atoms with Gasteiger partial charge in [-0.3, -0.25) is 0 Å². The van der Waals surface area contributed by atoms with Crippen molar-refractivity contribution in [3.8, 4) is 45.0 Å². The lowest BCUT2D eigenvalue weighted by molar-refractivity contribution is 0.714. The average Bonchev–Trinajstić information content (AvgIpc) is 3.46. The third-order valence-corrected chi connectivity index (χ3v) is 10.8. The Kier molecular flexibility index (Phi) is 6.34. The van der Waals surface area contributed by atoms with Crippen LogP contribution in [-0.2, 0) is 5.41 Å². The fourth-order valence-corrected chi connectivity index (χ4v) is 8.35. The number of hydrogen-bond donors (Lipinski definition) is 0. The Morgan fingerprint density at radius 3 is 1.88 bits per heavy atom. The SMILES string of the molecule is CC1(c2ccccc2)c2ccccc2-c2c(-c3cc(-c4ccccc4)nc(-c4c5ccccc5cc5c4ccc4ccccc45)n3)cccc21. The molecule has 10 rings (SSSR count). The molecule has 1 aliphatic rings. The second-order valence-electron chi connectivity index (χ2n) is 13.4. The summed E-state index contributed by atoms with van der Waals surface area (Å²) in [5.41, 5.74) is 11.2. The Morgan fingerprint density at radius 2 is 1.04 bits per heavy atom. The maximum Gasteiger partial charge on any atom is 0.161 e. The molecular weight excluding hydrogens is 605 g/mol. The summed E-state index contributed by atoms with van der Waals surface area (Å²) in [6.45, 7) is 2.37. The van der Waals surface area contributed by atoms with E-state index in [1.807, 2.05) is 0 Å². The molecule has 0 fully saturated rings. The Labute approximate surface area is 291 Å². The Balaban J connectivity index is 1.30. The minimum atomic E-state index is -0.297. The molecule has 0 bridgehead atoms. The summed E-state index contributed by atoms with van der Waals surface area (Å²) in [6.07, 6.45) is 0. The molecule has 50 heavy (non-hydrogen) atoms. The highest BCUT2D eigenvalue weighted by Gasteiger charge is 2.41. The number of hydrogen-bond acceptors (Lipinski definition) is 2. The van der Waals surface area contributed by atoms with Crippen LogP contribution in [0.4, 0.5) is 0 Å². The number of benzene rings is 8. The fraction of sp³-hybridized carbons (Fsp3) is 0.0417. The normalized spacial score (nSPS) is 15.0. The topological polar surface area (TPSA) is 25.8 Å². The van der Waals surface area contributed by atoms with Crippen molar-refractivity contribution >= 4 is 32.3 Å². The smallest absolute Gasteiger partial charge is 0.161 e. The standard InChI is InChI=1S/C48H32N2/c1-48(34-19-6-3-7-20-34)41-25-13-12-23-38(41)45-39(24-14-26-42(45)48)44-30-43(32-16-4-2-5-17-32)49-47(50-44)46-36-22-11-9-18-33(36)29-40-35-21-10-8-15-31(35)27-28-37(40)46/h2-30H,1H3. The molecule has 0 spiro atoms. The van der Waals surface area contributed by atoms with Gasteiger partial charge in [0.2, 0.25) is 0 Å². The van der Waals surface area contributed by atoms with Gasteiger partial charge in [0.05, 0.1) is 11.4 Å². The third kappa shape index (κ3) is 4.22. The molecule has 1 heterocycles. The first-order valence-corrected chi connectivity index (χ1v) is 17.3. The first kappa shape index (κ1) is 28.6. The van der Waals surface area contributed by atoms with Gasteiger partial charge in [0, 0.05) is 22.1 Å². The molecule has 234 valence electrons. The molecule has 0 aliphatic heterocycles. The van der Waals surface area contributed by atoms with E-state index in [4.69, 9.17) is 9.97 Å². The molecule has 9 aromatic rings. The van der Waals surface area contributed by atoms with Gasteiger partial charge in [-0.15, -0.1) is 0 Å². The minimum absolute atomic E-state index is 0.297. The van der Waals surface area contributed by atoms with Crippen molar-refractivity contribution in [2.75, 3.05) is 0 Å². The van der Waals surface area contributed by atoms with Crippen LogP contribution >= 0.6 is 0 Å². The predicted octanol–water partition coefficient (Wildman–Crippen LogP) is 12.3. The first-order chi connectivity index (χ1) is 24.7. The van der Waals surface area contributed by atoms with Crippen molar-refractivity contribution in [2.45, 2.75) is 12.3 Å². The van der Waals surface area contributed by atoms with Gasteiger partial charge in [-0.1, -0.05) is 164 Å². The number of rotatable bonds is 4. The van der Waals surface area contributed by atoms with E-state index in [1.54, 1.807) is 0 Å². The van der Waals surface area contributed by atoms with Crippen molar-refractivity contribution in [2.24, 2.45) is 0 Å². The van der Waals surface area contributed by atoms with Crippen LogP contribution in [0.2, 0.25) is 0 Å². The zero-order valence-corrected chi connectivity index (χ0v) is 27.6.